The lowest BCUT2D eigenvalue weighted by atomic mass is 9.70. The number of rotatable bonds is 3. The summed E-state index contributed by atoms with van der Waals surface area (Å²) in [6, 6.07) is 6.18. The zero-order valence-electron chi connectivity index (χ0n) is 15.4. The van der Waals surface area contributed by atoms with E-state index >= 15 is 0 Å². The van der Waals surface area contributed by atoms with E-state index < -0.39 is 0 Å². The Bertz CT molecular complexity index is 816. The molecule has 0 saturated carbocycles. The Morgan fingerprint density at radius 3 is 2.25 bits per heavy atom. The molecule has 0 fully saturated rings. The second-order valence-corrected chi connectivity index (χ2v) is 7.60. The van der Waals surface area contributed by atoms with Crippen LogP contribution in [0.3, 0.4) is 0 Å². The summed E-state index contributed by atoms with van der Waals surface area (Å²) in [5.74, 6) is 2.20. The van der Waals surface area contributed by atoms with Gasteiger partial charge in [-0.15, -0.1) is 0 Å². The van der Waals surface area contributed by atoms with E-state index in [1.165, 1.54) is 0 Å². The van der Waals surface area contributed by atoms with E-state index in [0.717, 1.165) is 45.4 Å². The highest BCUT2D eigenvalue weighted by atomic mass is 16.5. The van der Waals surface area contributed by atoms with E-state index in [4.69, 9.17) is 9.47 Å². The monoisotopic (exact) mass is 326 g/mol. The van der Waals surface area contributed by atoms with Crippen LogP contribution in [-0.4, -0.2) is 20.0 Å². The topological polar surface area (TPSA) is 35.5 Å². The highest BCUT2D eigenvalue weighted by molar-refractivity contribution is 6.12. The van der Waals surface area contributed by atoms with E-state index in [1.807, 2.05) is 12.1 Å². The summed E-state index contributed by atoms with van der Waals surface area (Å²) in [6.07, 6.45) is 1.48. The lowest BCUT2D eigenvalue weighted by molar-refractivity contribution is 0.0958. The Kier molecular flexibility index (Phi) is 4.06. The van der Waals surface area contributed by atoms with Crippen molar-refractivity contribution in [2.45, 2.75) is 51.9 Å². The number of fused-ring (bicyclic) bond motifs is 3. The van der Waals surface area contributed by atoms with Gasteiger partial charge < -0.3 is 9.47 Å². The number of carbonyl (C=O) groups is 1. The maximum absolute atomic E-state index is 12.8. The number of ether oxygens (including phenoxy) is 2. The van der Waals surface area contributed by atoms with Gasteiger partial charge in [-0.3, -0.25) is 4.79 Å². The minimum atomic E-state index is -0.0252. The smallest absolute Gasteiger partial charge is 0.163 e. The fourth-order valence-corrected chi connectivity index (χ4v) is 3.75. The number of methoxy groups -OCH3 is 2. The predicted molar refractivity (Wildman–Crippen MR) is 97.7 cm³/mol. The number of hydrogen-bond acceptors (Lipinski definition) is 3. The third kappa shape index (κ3) is 2.47. The summed E-state index contributed by atoms with van der Waals surface area (Å²) in [5.41, 5.74) is 3.06. The molecule has 0 spiro atoms. The van der Waals surface area contributed by atoms with E-state index in [2.05, 4.69) is 33.8 Å². The molecule has 1 aliphatic rings. The van der Waals surface area contributed by atoms with Gasteiger partial charge in [0.2, 0.25) is 0 Å². The predicted octanol–water partition coefficient (Wildman–Crippen LogP) is 5.23. The SMILES string of the molecule is COc1cc2c(OC)cc3c(c2cc1C(C)C)C(=O)CCC3(C)C. The molecule has 0 bridgehead atoms. The molecule has 0 N–H and O–H groups in total. The molecule has 2 aromatic rings. The van der Waals surface area contributed by atoms with Crippen molar-refractivity contribution in [3.63, 3.8) is 0 Å². The van der Waals surface area contributed by atoms with Gasteiger partial charge in [0.1, 0.15) is 11.5 Å². The minimum Gasteiger partial charge on any atom is -0.496 e. The largest absolute Gasteiger partial charge is 0.496 e. The van der Waals surface area contributed by atoms with Crippen molar-refractivity contribution < 1.29 is 14.3 Å². The molecule has 3 rings (SSSR count). The molecule has 0 unspecified atom stereocenters. The molecule has 0 radical (unpaired) electrons. The van der Waals surface area contributed by atoms with Crippen LogP contribution in [0, 0.1) is 0 Å². The van der Waals surface area contributed by atoms with E-state index in [1.54, 1.807) is 14.2 Å². The van der Waals surface area contributed by atoms with Crippen LogP contribution in [0.4, 0.5) is 0 Å². The fourth-order valence-electron chi connectivity index (χ4n) is 3.75. The van der Waals surface area contributed by atoms with Crippen molar-refractivity contribution >= 4 is 16.6 Å². The Morgan fingerprint density at radius 1 is 1.00 bits per heavy atom. The van der Waals surface area contributed by atoms with Crippen molar-refractivity contribution in [1.29, 1.82) is 0 Å². The van der Waals surface area contributed by atoms with Crippen LogP contribution in [0.1, 0.15) is 67.9 Å². The van der Waals surface area contributed by atoms with Crippen molar-refractivity contribution in [3.05, 3.63) is 34.9 Å². The molecule has 0 heterocycles. The molecule has 24 heavy (non-hydrogen) atoms. The van der Waals surface area contributed by atoms with Crippen molar-refractivity contribution in [2.24, 2.45) is 0 Å². The summed E-state index contributed by atoms with van der Waals surface area (Å²) in [4.78, 5) is 12.8. The molecular weight excluding hydrogens is 300 g/mol. The molecule has 128 valence electrons. The number of ketones is 1. The highest BCUT2D eigenvalue weighted by Gasteiger charge is 2.34. The number of hydrogen-bond donors (Lipinski definition) is 0. The van der Waals surface area contributed by atoms with Crippen molar-refractivity contribution in [2.75, 3.05) is 14.2 Å². The average molecular weight is 326 g/mol. The summed E-state index contributed by atoms with van der Waals surface area (Å²) in [5, 5.41) is 1.94. The Labute approximate surface area is 144 Å². The van der Waals surface area contributed by atoms with Gasteiger partial charge in [0.25, 0.3) is 0 Å². The molecule has 0 amide bonds. The average Bonchev–Trinajstić information content (AvgIpc) is 2.55. The van der Waals surface area contributed by atoms with E-state index in [-0.39, 0.29) is 11.2 Å². The van der Waals surface area contributed by atoms with Gasteiger partial charge in [-0.2, -0.15) is 0 Å². The summed E-state index contributed by atoms with van der Waals surface area (Å²) in [6.45, 7) is 8.69. The third-order valence-corrected chi connectivity index (χ3v) is 5.28. The van der Waals surface area contributed by atoms with Crippen LogP contribution >= 0.6 is 0 Å². The lowest BCUT2D eigenvalue weighted by Crippen LogP contribution is -2.27. The van der Waals surface area contributed by atoms with Gasteiger partial charge in [0.15, 0.2) is 5.78 Å². The van der Waals surface area contributed by atoms with Gasteiger partial charge in [-0.1, -0.05) is 27.7 Å². The maximum Gasteiger partial charge on any atom is 0.163 e. The fraction of sp³-hybridized carbons (Fsp3) is 0.476. The quantitative estimate of drug-likeness (QED) is 0.774. The van der Waals surface area contributed by atoms with Crippen LogP contribution in [-0.2, 0) is 5.41 Å². The second kappa shape index (κ2) is 5.80. The number of Topliss-reactive ketones (excluding diaryl/α,β-unsaturated/α-hetero) is 1. The molecular formula is C21H26O3. The first kappa shape index (κ1) is 16.8. The molecule has 0 saturated heterocycles. The molecule has 0 aromatic heterocycles. The Hall–Kier alpha value is -2.03. The van der Waals surface area contributed by atoms with Crippen molar-refractivity contribution in [3.8, 4) is 11.5 Å². The van der Waals surface area contributed by atoms with Gasteiger partial charge >= 0.3 is 0 Å². The second-order valence-electron chi connectivity index (χ2n) is 7.60. The number of carbonyl (C=O) groups excluding carboxylic acids is 1. The van der Waals surface area contributed by atoms with Gasteiger partial charge in [0, 0.05) is 17.4 Å². The maximum atomic E-state index is 12.8. The Morgan fingerprint density at radius 2 is 1.67 bits per heavy atom. The van der Waals surface area contributed by atoms with Crippen LogP contribution in [0.2, 0.25) is 0 Å². The molecule has 1 aliphatic carbocycles. The zero-order chi connectivity index (χ0) is 17.6. The van der Waals surface area contributed by atoms with Crippen LogP contribution in [0.25, 0.3) is 10.8 Å². The van der Waals surface area contributed by atoms with Crippen LogP contribution < -0.4 is 9.47 Å². The number of benzene rings is 2. The van der Waals surface area contributed by atoms with Gasteiger partial charge in [-0.05, 0) is 52.5 Å². The first-order chi connectivity index (χ1) is 11.3. The molecule has 3 nitrogen and oxygen atoms in total. The molecule has 0 atom stereocenters. The first-order valence-electron chi connectivity index (χ1n) is 8.56. The van der Waals surface area contributed by atoms with E-state index in [9.17, 15) is 4.79 Å². The van der Waals surface area contributed by atoms with Gasteiger partial charge in [-0.25, -0.2) is 0 Å². The Balaban J connectivity index is 2.46. The molecule has 3 heteroatoms. The minimum absolute atomic E-state index is 0.0252. The molecule has 2 aromatic carbocycles. The normalized spacial score (nSPS) is 16.4. The highest BCUT2D eigenvalue weighted by Crippen LogP contribution is 2.45. The van der Waals surface area contributed by atoms with Gasteiger partial charge in [0.05, 0.1) is 14.2 Å². The molecule has 0 aliphatic heterocycles. The van der Waals surface area contributed by atoms with E-state index in [0.29, 0.717) is 12.3 Å². The standard InChI is InChI=1S/C21H26O3/c1-12(2)13-9-15-14(10-18(13)23-5)19(24-6)11-16-20(15)17(22)7-8-21(16,3)4/h9-12H,7-8H2,1-6H3. The van der Waals surface area contributed by atoms with Crippen LogP contribution in [0.5, 0.6) is 11.5 Å². The summed E-state index contributed by atoms with van der Waals surface area (Å²) in [7, 11) is 3.37. The van der Waals surface area contributed by atoms with Crippen LogP contribution in [0.15, 0.2) is 18.2 Å². The first-order valence-corrected chi connectivity index (χ1v) is 8.56. The summed E-state index contributed by atoms with van der Waals surface area (Å²) >= 11 is 0. The van der Waals surface area contributed by atoms with Crippen molar-refractivity contribution in [1.82, 2.24) is 0 Å². The lowest BCUT2D eigenvalue weighted by Gasteiger charge is -2.33. The zero-order valence-corrected chi connectivity index (χ0v) is 15.4. The third-order valence-electron chi connectivity index (χ3n) is 5.28. The summed E-state index contributed by atoms with van der Waals surface area (Å²) < 4.78 is 11.2.